The van der Waals surface area contributed by atoms with Crippen LogP contribution in [0.5, 0.6) is 0 Å². The predicted octanol–water partition coefficient (Wildman–Crippen LogP) is 5.42. The van der Waals surface area contributed by atoms with Gasteiger partial charge in [-0.05, 0) is 59.8 Å². The first-order valence-corrected chi connectivity index (χ1v) is 8.62. The highest BCUT2D eigenvalue weighted by molar-refractivity contribution is 5.51. The molecule has 0 saturated carbocycles. The van der Waals surface area contributed by atoms with E-state index in [0.717, 1.165) is 32.1 Å². The van der Waals surface area contributed by atoms with Crippen LogP contribution in [0.2, 0.25) is 0 Å². The van der Waals surface area contributed by atoms with Crippen LogP contribution in [0.25, 0.3) is 0 Å². The quantitative estimate of drug-likeness (QED) is 0.662. The van der Waals surface area contributed by atoms with Crippen molar-refractivity contribution in [3.05, 3.63) is 96.1 Å². The van der Waals surface area contributed by atoms with Crippen molar-refractivity contribution < 1.29 is 0 Å². The smallest absolute Gasteiger partial charge is 0.0102 e. The van der Waals surface area contributed by atoms with Crippen molar-refractivity contribution in [2.75, 3.05) is 0 Å². The zero-order valence-corrected chi connectivity index (χ0v) is 13.7. The maximum Gasteiger partial charge on any atom is 0.0102 e. The third kappa shape index (κ3) is 1.91. The maximum absolute atomic E-state index is 4.08. The zero-order valence-electron chi connectivity index (χ0n) is 13.7. The van der Waals surface area contributed by atoms with Gasteiger partial charge in [-0.15, -0.1) is 13.2 Å². The van der Waals surface area contributed by atoms with E-state index in [4.69, 9.17) is 0 Å². The number of rotatable bonds is 4. The van der Waals surface area contributed by atoms with E-state index in [0.29, 0.717) is 0 Å². The van der Waals surface area contributed by atoms with Crippen LogP contribution in [0.4, 0.5) is 0 Å². The van der Waals surface area contributed by atoms with E-state index in [-0.39, 0.29) is 10.8 Å². The van der Waals surface area contributed by atoms with Crippen molar-refractivity contribution in [1.29, 1.82) is 0 Å². The first kappa shape index (κ1) is 14.5. The van der Waals surface area contributed by atoms with Crippen molar-refractivity contribution in [3.8, 4) is 0 Å². The molecule has 2 aromatic carbocycles. The Balaban J connectivity index is 1.92. The highest BCUT2D eigenvalue weighted by atomic mass is 14.6. The van der Waals surface area contributed by atoms with Crippen LogP contribution in [0.3, 0.4) is 0 Å². The fourth-order valence-corrected chi connectivity index (χ4v) is 5.31. The van der Waals surface area contributed by atoms with Crippen LogP contribution in [0.1, 0.15) is 35.1 Å². The van der Waals surface area contributed by atoms with Crippen molar-refractivity contribution >= 4 is 0 Å². The van der Waals surface area contributed by atoms with Crippen molar-refractivity contribution in [2.24, 2.45) is 5.41 Å². The first-order chi connectivity index (χ1) is 11.2. The molecule has 2 aliphatic carbocycles. The van der Waals surface area contributed by atoms with Crippen LogP contribution in [0.15, 0.2) is 73.8 Å². The molecule has 0 heterocycles. The number of fused-ring (bicyclic) bond motifs is 3. The summed E-state index contributed by atoms with van der Waals surface area (Å²) in [5, 5.41) is 0. The normalized spacial score (nSPS) is 19.3. The Labute approximate surface area is 139 Å². The average molecular weight is 300 g/mol. The number of hydrogen-bond acceptors (Lipinski definition) is 0. The third-order valence-corrected chi connectivity index (χ3v) is 6.25. The molecule has 0 amide bonds. The SMILES string of the molecule is C=CCC1(CC=C)Cc2ccccc2C12Cc1ccccc1C2. The van der Waals surface area contributed by atoms with Crippen molar-refractivity contribution in [2.45, 2.75) is 37.5 Å². The summed E-state index contributed by atoms with van der Waals surface area (Å²) < 4.78 is 0. The Morgan fingerprint density at radius 1 is 0.739 bits per heavy atom. The van der Waals surface area contributed by atoms with Gasteiger partial charge in [0.25, 0.3) is 0 Å². The summed E-state index contributed by atoms with van der Waals surface area (Å²) in [5.41, 5.74) is 6.59. The Kier molecular flexibility index (Phi) is 3.30. The number of hydrogen-bond donors (Lipinski definition) is 0. The van der Waals surface area contributed by atoms with Gasteiger partial charge in [0, 0.05) is 5.41 Å². The van der Waals surface area contributed by atoms with Gasteiger partial charge < -0.3 is 0 Å². The van der Waals surface area contributed by atoms with E-state index in [1.807, 2.05) is 0 Å². The van der Waals surface area contributed by atoms with E-state index in [1.165, 1.54) is 16.7 Å². The van der Waals surface area contributed by atoms with Gasteiger partial charge >= 0.3 is 0 Å². The van der Waals surface area contributed by atoms with Gasteiger partial charge in [0.05, 0.1) is 0 Å². The van der Waals surface area contributed by atoms with Gasteiger partial charge in [-0.25, -0.2) is 0 Å². The summed E-state index contributed by atoms with van der Waals surface area (Å²) in [5.74, 6) is 0. The molecule has 0 aromatic heterocycles. The molecule has 0 radical (unpaired) electrons. The summed E-state index contributed by atoms with van der Waals surface area (Å²) in [7, 11) is 0. The molecule has 2 aromatic rings. The molecule has 4 rings (SSSR count). The summed E-state index contributed by atoms with van der Waals surface area (Å²) in [4.78, 5) is 0. The minimum atomic E-state index is 0.204. The van der Waals surface area contributed by atoms with E-state index in [1.54, 1.807) is 5.56 Å². The lowest BCUT2D eigenvalue weighted by molar-refractivity contribution is 0.147. The number of allylic oxidation sites excluding steroid dienone is 2. The minimum Gasteiger partial charge on any atom is -0.103 e. The summed E-state index contributed by atoms with van der Waals surface area (Å²) in [6.07, 6.45) is 9.82. The highest BCUT2D eigenvalue weighted by Crippen LogP contribution is 2.61. The molecule has 0 fully saturated rings. The lowest BCUT2D eigenvalue weighted by atomic mass is 9.58. The van der Waals surface area contributed by atoms with Crippen LogP contribution < -0.4 is 0 Å². The molecule has 0 aliphatic heterocycles. The van der Waals surface area contributed by atoms with Crippen LogP contribution in [0, 0.1) is 5.41 Å². The Bertz CT molecular complexity index is 730. The Morgan fingerprint density at radius 3 is 1.83 bits per heavy atom. The average Bonchev–Trinajstić information content (AvgIpc) is 3.07. The lowest BCUT2D eigenvalue weighted by Gasteiger charge is -2.44. The van der Waals surface area contributed by atoms with Crippen LogP contribution in [-0.2, 0) is 24.7 Å². The highest BCUT2D eigenvalue weighted by Gasteiger charge is 2.57. The number of benzene rings is 2. The molecule has 2 aliphatic rings. The van der Waals surface area contributed by atoms with Crippen molar-refractivity contribution in [1.82, 2.24) is 0 Å². The second-order valence-corrected chi connectivity index (χ2v) is 7.30. The summed E-state index contributed by atoms with van der Waals surface area (Å²) >= 11 is 0. The maximum atomic E-state index is 4.08. The molecular formula is C23H24. The van der Waals surface area contributed by atoms with E-state index < -0.39 is 0 Å². The van der Waals surface area contributed by atoms with Gasteiger partial charge in [-0.3, -0.25) is 0 Å². The molecule has 0 N–H and O–H groups in total. The minimum absolute atomic E-state index is 0.204. The third-order valence-electron chi connectivity index (χ3n) is 6.25. The van der Waals surface area contributed by atoms with E-state index in [9.17, 15) is 0 Å². The van der Waals surface area contributed by atoms with Crippen LogP contribution >= 0.6 is 0 Å². The second-order valence-electron chi connectivity index (χ2n) is 7.30. The molecule has 0 nitrogen and oxygen atoms in total. The van der Waals surface area contributed by atoms with Crippen LogP contribution in [-0.4, -0.2) is 0 Å². The summed E-state index contributed by atoms with van der Waals surface area (Å²) in [6, 6.07) is 18.1. The molecular weight excluding hydrogens is 276 g/mol. The fourth-order valence-electron chi connectivity index (χ4n) is 5.31. The molecule has 1 spiro atoms. The topological polar surface area (TPSA) is 0 Å². The van der Waals surface area contributed by atoms with Gasteiger partial charge in [0.1, 0.15) is 0 Å². The molecule has 0 bridgehead atoms. The molecule has 0 saturated heterocycles. The predicted molar refractivity (Wildman–Crippen MR) is 97.7 cm³/mol. The molecule has 0 unspecified atom stereocenters. The molecule has 0 heteroatoms. The van der Waals surface area contributed by atoms with E-state index >= 15 is 0 Å². The van der Waals surface area contributed by atoms with Gasteiger partial charge in [0.15, 0.2) is 0 Å². The largest absolute Gasteiger partial charge is 0.103 e. The molecule has 0 atom stereocenters. The van der Waals surface area contributed by atoms with Gasteiger partial charge in [-0.1, -0.05) is 60.7 Å². The standard InChI is InChI=1S/C23H24/c1-3-13-22(14-4-2)15-20-11-7-8-12-21(20)23(22)16-18-9-5-6-10-19(18)17-23/h3-12H,1-2,13-17H2. The molecule has 116 valence electrons. The summed E-state index contributed by atoms with van der Waals surface area (Å²) in [6.45, 7) is 8.17. The van der Waals surface area contributed by atoms with Crippen molar-refractivity contribution in [3.63, 3.8) is 0 Å². The van der Waals surface area contributed by atoms with E-state index in [2.05, 4.69) is 73.8 Å². The second kappa shape index (κ2) is 5.23. The lowest BCUT2D eigenvalue weighted by Crippen LogP contribution is -2.43. The molecule has 23 heavy (non-hydrogen) atoms. The monoisotopic (exact) mass is 300 g/mol. The van der Waals surface area contributed by atoms with Gasteiger partial charge in [-0.2, -0.15) is 0 Å². The fraction of sp³-hybridized carbons (Fsp3) is 0.304. The first-order valence-electron chi connectivity index (χ1n) is 8.62. The Morgan fingerprint density at radius 2 is 1.26 bits per heavy atom. The Hall–Kier alpha value is -2.08. The zero-order chi connectivity index (χ0) is 15.9. The van der Waals surface area contributed by atoms with Gasteiger partial charge in [0.2, 0.25) is 0 Å².